The average molecular weight is 257 g/mol. The van der Waals surface area contributed by atoms with Crippen LogP contribution in [-0.2, 0) is 12.8 Å². The molecule has 2 bridgehead atoms. The quantitative estimate of drug-likeness (QED) is 0.849. The molecule has 104 valence electrons. The molecule has 0 aromatic heterocycles. The molecule has 19 heavy (non-hydrogen) atoms. The molecule has 0 saturated heterocycles. The molecule has 1 heteroatoms. The molecule has 2 unspecified atom stereocenters. The van der Waals surface area contributed by atoms with Crippen molar-refractivity contribution < 1.29 is 0 Å². The van der Waals surface area contributed by atoms with Crippen LogP contribution < -0.4 is 5.32 Å². The van der Waals surface area contributed by atoms with Crippen LogP contribution in [0, 0.1) is 17.3 Å². The third-order valence-corrected chi connectivity index (χ3v) is 4.87. The van der Waals surface area contributed by atoms with E-state index in [0.717, 1.165) is 24.4 Å². The van der Waals surface area contributed by atoms with Crippen molar-refractivity contribution in [3.8, 4) is 0 Å². The van der Waals surface area contributed by atoms with Crippen molar-refractivity contribution in [3.05, 3.63) is 35.4 Å². The number of rotatable bonds is 2. The number of nitrogens with one attached hydrogen (secondary N) is 1. The Labute approximate surface area is 117 Å². The van der Waals surface area contributed by atoms with E-state index in [9.17, 15) is 0 Å². The molecule has 0 spiro atoms. The Kier molecular flexibility index (Phi) is 3.42. The minimum absolute atomic E-state index is 0.387. The maximum atomic E-state index is 3.90. The molecule has 2 aliphatic rings. The van der Waals surface area contributed by atoms with Gasteiger partial charge in [-0.2, -0.15) is 0 Å². The topological polar surface area (TPSA) is 12.0 Å². The summed E-state index contributed by atoms with van der Waals surface area (Å²) in [6, 6.07) is 9.84. The van der Waals surface area contributed by atoms with Crippen molar-refractivity contribution in [1.29, 1.82) is 0 Å². The van der Waals surface area contributed by atoms with E-state index in [4.69, 9.17) is 0 Å². The number of fused-ring (bicyclic) bond motifs is 3. The fourth-order valence-electron chi connectivity index (χ4n) is 3.91. The van der Waals surface area contributed by atoms with Crippen molar-refractivity contribution in [2.24, 2.45) is 17.3 Å². The van der Waals surface area contributed by atoms with Crippen molar-refractivity contribution in [3.63, 3.8) is 0 Å². The fraction of sp³-hybridized carbons (Fsp3) is 0.667. The third-order valence-electron chi connectivity index (χ3n) is 4.87. The SMILES string of the molecule is CC(C)(C)CNC1C2CCC1Cc1ccccc1C2. The highest BCUT2D eigenvalue weighted by Crippen LogP contribution is 2.40. The molecule has 1 N–H and O–H groups in total. The number of hydrogen-bond donors (Lipinski definition) is 1. The Morgan fingerprint density at radius 1 is 1.00 bits per heavy atom. The monoisotopic (exact) mass is 257 g/mol. The lowest BCUT2D eigenvalue weighted by Crippen LogP contribution is -2.42. The Morgan fingerprint density at radius 2 is 1.53 bits per heavy atom. The van der Waals surface area contributed by atoms with Crippen LogP contribution in [-0.4, -0.2) is 12.6 Å². The highest BCUT2D eigenvalue weighted by atomic mass is 14.9. The van der Waals surface area contributed by atoms with Crippen LogP contribution >= 0.6 is 0 Å². The summed E-state index contributed by atoms with van der Waals surface area (Å²) in [5.74, 6) is 1.71. The molecule has 1 fully saturated rings. The number of hydrogen-bond acceptors (Lipinski definition) is 1. The average Bonchev–Trinajstić information content (AvgIpc) is 2.61. The first kappa shape index (κ1) is 13.2. The lowest BCUT2D eigenvalue weighted by Gasteiger charge is -2.28. The molecular formula is C18H27N. The largest absolute Gasteiger partial charge is 0.313 e. The van der Waals surface area contributed by atoms with Crippen LogP contribution in [0.5, 0.6) is 0 Å². The standard InChI is InChI=1S/C18H27N/c1-18(2,3)12-19-17-15-8-9-16(17)11-14-7-5-4-6-13(14)10-15/h4-7,15-17,19H,8-12H2,1-3H3. The fourth-order valence-corrected chi connectivity index (χ4v) is 3.91. The molecule has 1 saturated carbocycles. The maximum Gasteiger partial charge on any atom is 0.0130 e. The predicted molar refractivity (Wildman–Crippen MR) is 81.3 cm³/mol. The summed E-state index contributed by atoms with van der Waals surface area (Å²) in [4.78, 5) is 0. The molecule has 2 aliphatic carbocycles. The summed E-state index contributed by atoms with van der Waals surface area (Å²) in [5.41, 5.74) is 3.60. The zero-order chi connectivity index (χ0) is 13.5. The van der Waals surface area contributed by atoms with Gasteiger partial charge in [0.15, 0.2) is 0 Å². The number of benzene rings is 1. The first-order valence-electron chi connectivity index (χ1n) is 7.83. The van der Waals surface area contributed by atoms with Gasteiger partial charge in [0.2, 0.25) is 0 Å². The highest BCUT2D eigenvalue weighted by molar-refractivity contribution is 5.30. The minimum Gasteiger partial charge on any atom is -0.313 e. The van der Waals surface area contributed by atoms with Gasteiger partial charge in [0.05, 0.1) is 0 Å². The van der Waals surface area contributed by atoms with E-state index < -0.39 is 0 Å². The summed E-state index contributed by atoms with van der Waals surface area (Å²) < 4.78 is 0. The molecule has 0 heterocycles. The van der Waals surface area contributed by atoms with Crippen LogP contribution in [0.25, 0.3) is 0 Å². The molecule has 1 aromatic carbocycles. The first-order chi connectivity index (χ1) is 9.03. The lowest BCUT2D eigenvalue weighted by atomic mass is 9.92. The van der Waals surface area contributed by atoms with Gasteiger partial charge in [-0.25, -0.2) is 0 Å². The van der Waals surface area contributed by atoms with Crippen LogP contribution in [0.3, 0.4) is 0 Å². The molecule has 0 aliphatic heterocycles. The van der Waals surface area contributed by atoms with Gasteiger partial charge in [-0.15, -0.1) is 0 Å². The van der Waals surface area contributed by atoms with E-state index >= 15 is 0 Å². The Balaban J connectivity index is 1.76. The molecule has 0 radical (unpaired) electrons. The van der Waals surface area contributed by atoms with E-state index in [-0.39, 0.29) is 0 Å². The van der Waals surface area contributed by atoms with Crippen molar-refractivity contribution >= 4 is 0 Å². The zero-order valence-corrected chi connectivity index (χ0v) is 12.6. The van der Waals surface area contributed by atoms with Gasteiger partial charge in [-0.3, -0.25) is 0 Å². The Morgan fingerprint density at radius 3 is 2.00 bits per heavy atom. The van der Waals surface area contributed by atoms with Crippen LogP contribution in [0.1, 0.15) is 44.7 Å². The van der Waals surface area contributed by atoms with Crippen LogP contribution in [0.4, 0.5) is 0 Å². The van der Waals surface area contributed by atoms with Gasteiger partial charge in [-0.05, 0) is 54.1 Å². The molecular weight excluding hydrogens is 230 g/mol. The summed E-state index contributed by atoms with van der Waals surface area (Å²) in [6.45, 7) is 8.12. The molecule has 1 nitrogen and oxygen atoms in total. The van der Waals surface area contributed by atoms with Gasteiger partial charge in [-0.1, -0.05) is 45.0 Å². The van der Waals surface area contributed by atoms with Crippen molar-refractivity contribution in [1.82, 2.24) is 5.32 Å². The van der Waals surface area contributed by atoms with E-state index in [1.54, 1.807) is 11.1 Å². The minimum atomic E-state index is 0.387. The lowest BCUT2D eigenvalue weighted by molar-refractivity contribution is 0.285. The van der Waals surface area contributed by atoms with E-state index in [1.165, 1.54) is 25.7 Å². The summed E-state index contributed by atoms with van der Waals surface area (Å²) in [6.07, 6.45) is 5.41. The normalized spacial score (nSPS) is 29.9. The second-order valence-corrected chi connectivity index (χ2v) is 7.74. The molecule has 0 amide bonds. The van der Waals surface area contributed by atoms with Gasteiger partial charge in [0.1, 0.15) is 0 Å². The van der Waals surface area contributed by atoms with E-state index in [0.29, 0.717) is 5.41 Å². The predicted octanol–water partition coefficient (Wildman–Crippen LogP) is 3.82. The van der Waals surface area contributed by atoms with Crippen LogP contribution in [0.15, 0.2) is 24.3 Å². The second-order valence-electron chi connectivity index (χ2n) is 7.74. The summed E-state index contributed by atoms with van der Waals surface area (Å²) in [5, 5.41) is 3.90. The van der Waals surface area contributed by atoms with Crippen LogP contribution in [0.2, 0.25) is 0 Å². The van der Waals surface area contributed by atoms with Crippen molar-refractivity contribution in [2.75, 3.05) is 6.54 Å². The first-order valence-corrected chi connectivity index (χ1v) is 7.83. The summed E-state index contributed by atoms with van der Waals surface area (Å²) >= 11 is 0. The maximum absolute atomic E-state index is 3.90. The summed E-state index contributed by atoms with van der Waals surface area (Å²) in [7, 11) is 0. The van der Waals surface area contributed by atoms with Gasteiger partial charge < -0.3 is 5.32 Å². The van der Waals surface area contributed by atoms with E-state index in [2.05, 4.69) is 50.4 Å². The zero-order valence-electron chi connectivity index (χ0n) is 12.6. The molecule has 1 aromatic rings. The molecule has 2 atom stereocenters. The van der Waals surface area contributed by atoms with Gasteiger partial charge in [0, 0.05) is 12.6 Å². The van der Waals surface area contributed by atoms with Crippen molar-refractivity contribution in [2.45, 2.75) is 52.5 Å². The second kappa shape index (κ2) is 4.94. The van der Waals surface area contributed by atoms with E-state index in [1.807, 2.05) is 0 Å². The molecule has 3 rings (SSSR count). The third kappa shape index (κ3) is 2.86. The van der Waals surface area contributed by atoms with Gasteiger partial charge in [0.25, 0.3) is 0 Å². The Hall–Kier alpha value is -0.820. The highest BCUT2D eigenvalue weighted by Gasteiger charge is 2.38. The smallest absolute Gasteiger partial charge is 0.0130 e. The van der Waals surface area contributed by atoms with Gasteiger partial charge >= 0.3 is 0 Å². The Bertz CT molecular complexity index is 410.